The zero-order valence-corrected chi connectivity index (χ0v) is 15.6. The first-order chi connectivity index (χ1) is 14.7. The molecule has 204 valence electrons. The van der Waals surface area contributed by atoms with E-state index in [4.69, 9.17) is 0 Å². The second-order valence-corrected chi connectivity index (χ2v) is 6.41. The van der Waals surface area contributed by atoms with E-state index >= 15 is 0 Å². The van der Waals surface area contributed by atoms with E-state index < -0.39 is 79.5 Å². The fraction of sp³-hybridized carbons (Fsp3) is 0.923. The average molecular weight is 550 g/mol. The molecular weight excluding hydrogens is 539 g/mol. The Labute approximate surface area is 176 Å². The largest absolute Gasteiger partial charge is 0.460 e. The minimum absolute atomic E-state index is 0.942. The molecule has 0 fully saturated rings. The van der Waals surface area contributed by atoms with Gasteiger partial charge in [-0.2, -0.15) is 74.6 Å². The molecule has 0 aromatic rings. The van der Waals surface area contributed by atoms with Gasteiger partial charge in [0.25, 0.3) is 0 Å². The van der Waals surface area contributed by atoms with Crippen LogP contribution in [-0.2, 0) is 9.63 Å². The quantitative estimate of drug-likeness (QED) is 0.209. The molecule has 0 atom stereocenters. The number of nitrogens with two attached hydrogens (primary N) is 1. The number of halogens is 17. The monoisotopic (exact) mass is 550 g/mol. The molecule has 0 saturated carbocycles. The molecule has 0 saturated heterocycles. The van der Waals surface area contributed by atoms with Crippen LogP contribution in [0.4, 0.5) is 74.6 Å². The smallest absolute Gasteiger partial charge is 0.354 e. The van der Waals surface area contributed by atoms with Crippen LogP contribution in [0.1, 0.15) is 12.8 Å². The van der Waals surface area contributed by atoms with Gasteiger partial charge in [-0.05, 0) is 6.42 Å². The Balaban J connectivity index is 6.13. The van der Waals surface area contributed by atoms with Crippen molar-refractivity contribution in [3.8, 4) is 0 Å². The van der Waals surface area contributed by atoms with Crippen LogP contribution in [0.2, 0.25) is 0 Å². The van der Waals surface area contributed by atoms with Gasteiger partial charge in [-0.25, -0.2) is 5.90 Å². The van der Waals surface area contributed by atoms with Crippen molar-refractivity contribution < 1.29 is 84.3 Å². The van der Waals surface area contributed by atoms with E-state index in [0.29, 0.717) is 0 Å². The van der Waals surface area contributed by atoms with E-state index in [1.54, 1.807) is 5.32 Å². The van der Waals surface area contributed by atoms with Gasteiger partial charge in [0.2, 0.25) is 5.91 Å². The minimum atomic E-state index is -8.65. The third kappa shape index (κ3) is 4.94. The first-order valence-electron chi connectivity index (χ1n) is 8.00. The van der Waals surface area contributed by atoms with E-state index in [-0.39, 0.29) is 0 Å². The molecule has 0 radical (unpaired) electrons. The molecule has 0 bridgehead atoms. The van der Waals surface area contributed by atoms with Crippen molar-refractivity contribution in [2.45, 2.75) is 60.5 Å². The van der Waals surface area contributed by atoms with Crippen LogP contribution < -0.4 is 11.2 Å². The van der Waals surface area contributed by atoms with E-state index in [1.807, 2.05) is 0 Å². The second kappa shape index (κ2) is 9.34. The summed E-state index contributed by atoms with van der Waals surface area (Å²) in [6.45, 7) is -2.04. The van der Waals surface area contributed by atoms with Crippen molar-refractivity contribution in [2.24, 2.45) is 5.90 Å². The number of rotatable bonds is 12. The van der Waals surface area contributed by atoms with E-state index in [0.717, 1.165) is 0 Å². The first-order valence-corrected chi connectivity index (χ1v) is 8.00. The highest BCUT2D eigenvalue weighted by atomic mass is 19.4. The summed E-state index contributed by atoms with van der Waals surface area (Å²) in [5, 5.41) is 1.58. The van der Waals surface area contributed by atoms with Crippen molar-refractivity contribution in [1.82, 2.24) is 5.32 Å². The topological polar surface area (TPSA) is 64.3 Å². The maximum absolute atomic E-state index is 13.5. The molecule has 0 aliphatic carbocycles. The number of hydrogen-bond acceptors (Lipinski definition) is 3. The van der Waals surface area contributed by atoms with Gasteiger partial charge < -0.3 is 5.32 Å². The number of carbonyl (C=O) groups excluding carboxylic acids is 1. The van der Waals surface area contributed by atoms with Crippen LogP contribution in [0.3, 0.4) is 0 Å². The van der Waals surface area contributed by atoms with Crippen LogP contribution in [0.5, 0.6) is 0 Å². The van der Waals surface area contributed by atoms with Crippen molar-refractivity contribution in [3.63, 3.8) is 0 Å². The fourth-order valence-electron chi connectivity index (χ4n) is 2.02. The number of hydrogen-bond donors (Lipinski definition) is 2. The summed E-state index contributed by atoms with van der Waals surface area (Å²) in [6, 6.07) is 0. The maximum atomic E-state index is 13.5. The molecule has 1 amide bonds. The molecular formula is C13H11F17N2O2. The number of amides is 1. The molecule has 0 spiro atoms. The molecule has 0 unspecified atom stereocenters. The summed E-state index contributed by atoms with van der Waals surface area (Å²) in [4.78, 5) is 14.6. The van der Waals surface area contributed by atoms with Crippen molar-refractivity contribution in [1.29, 1.82) is 0 Å². The highest BCUT2D eigenvalue weighted by molar-refractivity contribution is 5.77. The Kier molecular flexibility index (Phi) is 8.84. The summed E-state index contributed by atoms with van der Waals surface area (Å²) < 4.78 is 222. The molecule has 0 aliphatic heterocycles. The predicted molar refractivity (Wildman–Crippen MR) is 73.1 cm³/mol. The number of alkyl halides is 17. The van der Waals surface area contributed by atoms with Gasteiger partial charge in [-0.3, -0.25) is 9.63 Å². The molecule has 0 heterocycles. The van der Waals surface area contributed by atoms with Gasteiger partial charge in [-0.15, -0.1) is 0 Å². The third-order valence-corrected chi connectivity index (χ3v) is 3.99. The lowest BCUT2D eigenvalue weighted by atomic mass is 9.88. The summed E-state index contributed by atoms with van der Waals surface area (Å²) in [5.74, 6) is -53.3. The van der Waals surface area contributed by atoms with Crippen LogP contribution in [0, 0.1) is 0 Å². The Hall–Kier alpha value is -1.80. The van der Waals surface area contributed by atoms with Gasteiger partial charge in [0.1, 0.15) is 6.61 Å². The first kappa shape index (κ1) is 32.2. The molecule has 4 nitrogen and oxygen atoms in total. The average Bonchev–Trinajstić information content (AvgIpc) is 2.63. The van der Waals surface area contributed by atoms with Crippen molar-refractivity contribution >= 4 is 5.91 Å². The molecule has 21 heteroatoms. The summed E-state index contributed by atoms with van der Waals surface area (Å²) in [5.41, 5.74) is 0. The molecule has 0 aromatic carbocycles. The van der Waals surface area contributed by atoms with Crippen LogP contribution in [0.25, 0.3) is 0 Å². The van der Waals surface area contributed by atoms with E-state index in [9.17, 15) is 79.4 Å². The number of carbonyl (C=O) groups is 1. The van der Waals surface area contributed by atoms with Gasteiger partial charge in [0.15, 0.2) is 0 Å². The lowest BCUT2D eigenvalue weighted by Gasteiger charge is -2.42. The Bertz CT molecular complexity index is 719. The predicted octanol–water partition coefficient (Wildman–Crippen LogP) is 4.78. The number of nitrogens with one attached hydrogen (secondary N) is 1. The highest BCUT2D eigenvalue weighted by Gasteiger charge is 2.95. The van der Waals surface area contributed by atoms with Crippen LogP contribution in [-0.4, -0.2) is 66.7 Å². The molecule has 0 aliphatic rings. The normalized spacial score (nSPS) is 15.5. The molecule has 0 aromatic heterocycles. The van der Waals surface area contributed by atoms with Crippen molar-refractivity contribution in [2.75, 3.05) is 13.2 Å². The fourth-order valence-corrected chi connectivity index (χ4v) is 2.02. The molecule has 34 heavy (non-hydrogen) atoms. The van der Waals surface area contributed by atoms with Gasteiger partial charge in [0, 0.05) is 13.0 Å². The summed E-state index contributed by atoms with van der Waals surface area (Å²) in [6.07, 6.45) is -11.9. The maximum Gasteiger partial charge on any atom is 0.460 e. The van der Waals surface area contributed by atoms with Gasteiger partial charge in [-0.1, -0.05) is 0 Å². The van der Waals surface area contributed by atoms with Crippen LogP contribution >= 0.6 is 0 Å². The lowest BCUT2D eigenvalue weighted by Crippen LogP contribution is -2.74. The Morgan fingerprint density at radius 1 is 0.618 bits per heavy atom. The SMILES string of the molecule is NOCC(=O)NCCCC(F)(F)C(F)(F)C(F)(F)C(F)(F)C(F)(F)C(F)(F)C(F)(F)C(F)(F)F. The van der Waals surface area contributed by atoms with Gasteiger partial charge >= 0.3 is 47.6 Å². The molecule has 0 rings (SSSR count). The van der Waals surface area contributed by atoms with Gasteiger partial charge in [0.05, 0.1) is 0 Å². The molecule has 3 N–H and O–H groups in total. The second-order valence-electron chi connectivity index (χ2n) is 6.41. The van der Waals surface area contributed by atoms with E-state index in [2.05, 4.69) is 10.7 Å². The Morgan fingerprint density at radius 2 is 0.971 bits per heavy atom. The highest BCUT2D eigenvalue weighted by Crippen LogP contribution is 2.64. The third-order valence-electron chi connectivity index (χ3n) is 3.99. The van der Waals surface area contributed by atoms with E-state index in [1.165, 1.54) is 0 Å². The van der Waals surface area contributed by atoms with Crippen molar-refractivity contribution in [3.05, 3.63) is 0 Å². The summed E-state index contributed by atoms with van der Waals surface area (Å²) >= 11 is 0. The Morgan fingerprint density at radius 3 is 1.32 bits per heavy atom. The standard InChI is InChI=1S/C13H11F17N2O2/c14-6(15,2-1-3-32-5(33)4-34-31)7(16,17)8(18,19)9(20,21)10(22,23)11(24,25)12(26,27)13(28,29)30/h1-4,31H2,(H,32,33). The minimum Gasteiger partial charge on any atom is -0.354 e. The zero-order valence-electron chi connectivity index (χ0n) is 15.6. The van der Waals surface area contributed by atoms with Crippen LogP contribution in [0.15, 0.2) is 0 Å². The lowest BCUT2D eigenvalue weighted by molar-refractivity contribution is -0.461. The summed E-state index contributed by atoms with van der Waals surface area (Å²) in [7, 11) is 0. The zero-order chi connectivity index (χ0) is 27.8.